The van der Waals surface area contributed by atoms with Gasteiger partial charge in [0.05, 0.1) is 11.6 Å². The highest BCUT2D eigenvalue weighted by Gasteiger charge is 2.32. The minimum atomic E-state index is -0.433. The molecule has 146 valence electrons. The van der Waals surface area contributed by atoms with E-state index in [9.17, 15) is 9.59 Å². The number of ether oxygens (including phenoxy) is 2. The zero-order valence-electron chi connectivity index (χ0n) is 15.7. The first kappa shape index (κ1) is 19.8. The number of rotatable bonds is 7. The summed E-state index contributed by atoms with van der Waals surface area (Å²) in [6.45, 7) is 4.68. The van der Waals surface area contributed by atoms with Gasteiger partial charge in [-0.15, -0.1) is 0 Å². The van der Waals surface area contributed by atoms with Crippen molar-refractivity contribution in [3.05, 3.63) is 64.3 Å². The van der Waals surface area contributed by atoms with Crippen molar-refractivity contribution in [1.82, 2.24) is 10.2 Å². The van der Waals surface area contributed by atoms with Gasteiger partial charge in [-0.25, -0.2) is 4.79 Å². The second kappa shape index (κ2) is 8.80. The fourth-order valence-corrected chi connectivity index (χ4v) is 3.10. The molecule has 0 aromatic heterocycles. The molecule has 1 aliphatic heterocycles. The number of carbonyl (C=O) groups is 2. The van der Waals surface area contributed by atoms with Gasteiger partial charge in [-0.1, -0.05) is 41.9 Å². The van der Waals surface area contributed by atoms with E-state index in [1.807, 2.05) is 37.3 Å². The number of nitrogens with zero attached hydrogens (tertiary/aromatic N) is 1. The first-order valence-electron chi connectivity index (χ1n) is 9.01. The lowest BCUT2D eigenvalue weighted by Gasteiger charge is -2.14. The lowest BCUT2D eigenvalue weighted by atomic mass is 10.1. The van der Waals surface area contributed by atoms with Gasteiger partial charge in [0.15, 0.2) is 11.5 Å². The third-order valence-electron chi connectivity index (χ3n) is 4.15. The summed E-state index contributed by atoms with van der Waals surface area (Å²) in [4.78, 5) is 25.2. The average Bonchev–Trinajstić information content (AvgIpc) is 2.94. The van der Waals surface area contributed by atoms with E-state index < -0.39 is 6.03 Å². The van der Waals surface area contributed by atoms with Gasteiger partial charge in [0.1, 0.15) is 12.3 Å². The van der Waals surface area contributed by atoms with Crippen molar-refractivity contribution in [1.29, 1.82) is 0 Å². The van der Waals surface area contributed by atoms with Crippen LogP contribution in [0.4, 0.5) is 4.79 Å². The monoisotopic (exact) mass is 400 g/mol. The standard InChI is InChI=1S/C21H21ClN2O4/c1-3-24-20(25)17(23-21(24)26)11-15-10-16(22)19(18(12-15)27-4-2)28-13-14-8-6-5-7-9-14/h5-12H,3-4,13H2,1-2H3,(H,23,26)/b17-11+. The normalized spacial score (nSPS) is 15.1. The van der Waals surface area contributed by atoms with Gasteiger partial charge in [0.25, 0.3) is 5.91 Å². The molecule has 2 aromatic carbocycles. The number of amides is 3. The first-order chi connectivity index (χ1) is 13.5. The van der Waals surface area contributed by atoms with E-state index in [1.54, 1.807) is 25.1 Å². The molecule has 6 nitrogen and oxygen atoms in total. The molecule has 0 atom stereocenters. The molecule has 1 saturated heterocycles. The summed E-state index contributed by atoms with van der Waals surface area (Å²) in [5.74, 6) is 0.541. The number of nitrogens with one attached hydrogen (secondary N) is 1. The van der Waals surface area contributed by atoms with Crippen molar-refractivity contribution in [2.24, 2.45) is 0 Å². The quantitative estimate of drug-likeness (QED) is 0.557. The van der Waals surface area contributed by atoms with Crippen LogP contribution in [0.3, 0.4) is 0 Å². The largest absolute Gasteiger partial charge is 0.490 e. The van der Waals surface area contributed by atoms with E-state index in [-0.39, 0.29) is 11.6 Å². The number of halogens is 1. The Hall–Kier alpha value is -2.99. The van der Waals surface area contributed by atoms with Gasteiger partial charge in [-0.3, -0.25) is 9.69 Å². The molecule has 3 amide bonds. The van der Waals surface area contributed by atoms with Crippen LogP contribution in [-0.4, -0.2) is 30.0 Å². The van der Waals surface area contributed by atoms with Crippen molar-refractivity contribution < 1.29 is 19.1 Å². The molecule has 2 aromatic rings. The predicted molar refractivity (Wildman–Crippen MR) is 107 cm³/mol. The van der Waals surface area contributed by atoms with E-state index in [0.29, 0.717) is 41.8 Å². The maximum atomic E-state index is 12.3. The van der Waals surface area contributed by atoms with Crippen LogP contribution in [0.15, 0.2) is 48.2 Å². The van der Waals surface area contributed by atoms with Gasteiger partial charge in [0.2, 0.25) is 0 Å². The molecule has 7 heteroatoms. The Morgan fingerprint density at radius 2 is 1.86 bits per heavy atom. The van der Waals surface area contributed by atoms with E-state index >= 15 is 0 Å². The highest BCUT2D eigenvalue weighted by molar-refractivity contribution is 6.32. The van der Waals surface area contributed by atoms with Gasteiger partial charge < -0.3 is 14.8 Å². The van der Waals surface area contributed by atoms with Gasteiger partial charge in [-0.05, 0) is 43.2 Å². The summed E-state index contributed by atoms with van der Waals surface area (Å²) in [5, 5.41) is 2.93. The second-order valence-electron chi connectivity index (χ2n) is 6.07. The third-order valence-corrected chi connectivity index (χ3v) is 4.43. The van der Waals surface area contributed by atoms with Crippen molar-refractivity contribution in [3.63, 3.8) is 0 Å². The van der Waals surface area contributed by atoms with Crippen LogP contribution in [0.2, 0.25) is 5.02 Å². The summed E-state index contributed by atoms with van der Waals surface area (Å²) >= 11 is 6.43. The zero-order chi connectivity index (χ0) is 20.1. The zero-order valence-corrected chi connectivity index (χ0v) is 16.5. The van der Waals surface area contributed by atoms with Crippen LogP contribution in [0.5, 0.6) is 11.5 Å². The molecule has 1 heterocycles. The Labute approximate surface area is 168 Å². The van der Waals surface area contributed by atoms with E-state index in [4.69, 9.17) is 21.1 Å². The van der Waals surface area contributed by atoms with E-state index in [1.165, 1.54) is 0 Å². The predicted octanol–water partition coefficient (Wildman–Crippen LogP) is 4.23. The minimum absolute atomic E-state index is 0.198. The molecule has 0 saturated carbocycles. The lowest BCUT2D eigenvalue weighted by molar-refractivity contribution is -0.122. The number of likely N-dealkylation sites (N-methyl/N-ethyl adjacent to an activating group) is 1. The Morgan fingerprint density at radius 1 is 1.11 bits per heavy atom. The maximum absolute atomic E-state index is 12.3. The number of imide groups is 1. The molecule has 0 unspecified atom stereocenters. The molecular formula is C21H21ClN2O4. The molecule has 0 spiro atoms. The average molecular weight is 401 g/mol. The fourth-order valence-electron chi connectivity index (χ4n) is 2.83. The molecule has 1 fully saturated rings. The topological polar surface area (TPSA) is 67.9 Å². The summed E-state index contributed by atoms with van der Waals surface area (Å²) in [6.07, 6.45) is 1.57. The van der Waals surface area contributed by atoms with Crippen molar-refractivity contribution in [3.8, 4) is 11.5 Å². The molecular weight excluding hydrogens is 380 g/mol. The SMILES string of the molecule is CCOc1cc(/C=C2/NC(=O)N(CC)C2=O)cc(Cl)c1OCc1ccccc1. The Bertz CT molecular complexity index is 912. The number of benzene rings is 2. The number of urea groups is 1. The Morgan fingerprint density at radius 3 is 2.50 bits per heavy atom. The van der Waals surface area contributed by atoms with Crippen LogP contribution in [0, 0.1) is 0 Å². The second-order valence-corrected chi connectivity index (χ2v) is 6.48. The van der Waals surface area contributed by atoms with E-state index in [2.05, 4.69) is 5.32 Å². The van der Waals surface area contributed by atoms with Gasteiger partial charge in [0, 0.05) is 6.54 Å². The third kappa shape index (κ3) is 4.28. The Balaban J connectivity index is 1.87. The number of carbonyl (C=O) groups excluding carboxylic acids is 2. The highest BCUT2D eigenvalue weighted by atomic mass is 35.5. The summed E-state index contributed by atoms with van der Waals surface area (Å²) in [5.41, 5.74) is 1.83. The maximum Gasteiger partial charge on any atom is 0.328 e. The molecule has 0 radical (unpaired) electrons. The smallest absolute Gasteiger partial charge is 0.328 e. The summed E-state index contributed by atoms with van der Waals surface area (Å²) in [7, 11) is 0. The first-order valence-corrected chi connectivity index (χ1v) is 9.38. The summed E-state index contributed by atoms with van der Waals surface area (Å²) < 4.78 is 11.6. The van der Waals surface area contributed by atoms with Crippen molar-refractivity contribution in [2.45, 2.75) is 20.5 Å². The van der Waals surface area contributed by atoms with Crippen LogP contribution >= 0.6 is 11.6 Å². The fraction of sp³-hybridized carbons (Fsp3) is 0.238. The summed E-state index contributed by atoms with van der Waals surface area (Å²) in [6, 6.07) is 12.7. The van der Waals surface area contributed by atoms with Crippen LogP contribution in [0.25, 0.3) is 6.08 Å². The van der Waals surface area contributed by atoms with Crippen LogP contribution < -0.4 is 14.8 Å². The van der Waals surface area contributed by atoms with Crippen LogP contribution in [0.1, 0.15) is 25.0 Å². The molecule has 3 rings (SSSR count). The Kier molecular flexibility index (Phi) is 6.21. The van der Waals surface area contributed by atoms with E-state index in [0.717, 1.165) is 10.5 Å². The molecule has 28 heavy (non-hydrogen) atoms. The molecule has 1 aliphatic rings. The minimum Gasteiger partial charge on any atom is -0.490 e. The number of hydrogen-bond acceptors (Lipinski definition) is 4. The van der Waals surface area contributed by atoms with Gasteiger partial charge in [-0.2, -0.15) is 0 Å². The molecule has 0 aliphatic carbocycles. The van der Waals surface area contributed by atoms with Crippen molar-refractivity contribution in [2.75, 3.05) is 13.2 Å². The molecule has 1 N–H and O–H groups in total. The molecule has 0 bridgehead atoms. The van der Waals surface area contributed by atoms with Gasteiger partial charge >= 0.3 is 6.03 Å². The van der Waals surface area contributed by atoms with Crippen LogP contribution in [-0.2, 0) is 11.4 Å². The lowest BCUT2D eigenvalue weighted by Crippen LogP contribution is -2.30. The number of hydrogen-bond donors (Lipinski definition) is 1. The highest BCUT2D eigenvalue weighted by Crippen LogP contribution is 2.38. The van der Waals surface area contributed by atoms with Crippen molar-refractivity contribution >= 4 is 29.6 Å².